The number of para-hydroxylation sites is 1. The minimum Gasteiger partial charge on any atom is -0.456 e. The van der Waals surface area contributed by atoms with Gasteiger partial charge in [0.15, 0.2) is 4.32 Å². The van der Waals surface area contributed by atoms with E-state index in [1.54, 1.807) is 36.4 Å². The topological polar surface area (TPSA) is 76.6 Å². The second-order valence-electron chi connectivity index (χ2n) is 6.78. The first-order valence-electron chi connectivity index (χ1n) is 9.04. The SMILES string of the molecule is Cc1ccc(C)c(N2C(=O)/C(=C\c3ccc(-c4ccccc4[N+](=O)[O-])o3)SC2=S)c1. The summed E-state index contributed by atoms with van der Waals surface area (Å²) in [6, 6.07) is 15.6. The first-order chi connectivity index (χ1) is 14.3. The lowest BCUT2D eigenvalue weighted by molar-refractivity contribution is -0.384. The summed E-state index contributed by atoms with van der Waals surface area (Å²) in [5.74, 6) is 0.561. The number of rotatable bonds is 4. The van der Waals surface area contributed by atoms with Gasteiger partial charge in [-0.3, -0.25) is 19.8 Å². The predicted molar refractivity (Wildman–Crippen MR) is 122 cm³/mol. The molecule has 150 valence electrons. The number of amides is 1. The largest absolute Gasteiger partial charge is 0.456 e. The van der Waals surface area contributed by atoms with Gasteiger partial charge in [0, 0.05) is 12.1 Å². The Kier molecular flexibility index (Phi) is 5.27. The summed E-state index contributed by atoms with van der Waals surface area (Å²) < 4.78 is 6.23. The zero-order valence-corrected chi connectivity index (χ0v) is 17.8. The minimum atomic E-state index is -0.452. The molecule has 8 heteroatoms. The number of furan rings is 1. The van der Waals surface area contributed by atoms with Crippen LogP contribution in [0.25, 0.3) is 17.4 Å². The molecule has 3 aromatic rings. The molecule has 0 saturated carbocycles. The average Bonchev–Trinajstić information content (AvgIpc) is 3.28. The van der Waals surface area contributed by atoms with E-state index in [-0.39, 0.29) is 11.6 Å². The Morgan fingerprint density at radius 2 is 1.90 bits per heavy atom. The summed E-state index contributed by atoms with van der Waals surface area (Å²) in [6.45, 7) is 3.90. The van der Waals surface area contributed by atoms with Crippen LogP contribution in [-0.4, -0.2) is 15.2 Å². The second kappa shape index (κ2) is 7.89. The fourth-order valence-corrected chi connectivity index (χ4v) is 4.45. The monoisotopic (exact) mass is 436 g/mol. The summed E-state index contributed by atoms with van der Waals surface area (Å²) in [5, 5.41) is 11.3. The lowest BCUT2D eigenvalue weighted by Gasteiger charge is -2.17. The highest BCUT2D eigenvalue weighted by Gasteiger charge is 2.34. The highest BCUT2D eigenvalue weighted by Crippen LogP contribution is 2.38. The van der Waals surface area contributed by atoms with E-state index in [0.717, 1.165) is 16.8 Å². The van der Waals surface area contributed by atoms with Crippen LogP contribution >= 0.6 is 24.0 Å². The van der Waals surface area contributed by atoms with Crippen molar-refractivity contribution >= 4 is 51.7 Å². The Hall–Kier alpha value is -3.23. The third-order valence-corrected chi connectivity index (χ3v) is 5.97. The van der Waals surface area contributed by atoms with Crippen LogP contribution in [0.3, 0.4) is 0 Å². The molecule has 1 saturated heterocycles. The number of thioether (sulfide) groups is 1. The predicted octanol–water partition coefficient (Wildman–Crippen LogP) is 5.88. The zero-order chi connectivity index (χ0) is 21.4. The van der Waals surface area contributed by atoms with E-state index in [0.29, 0.717) is 26.3 Å². The van der Waals surface area contributed by atoms with E-state index in [1.165, 1.54) is 22.7 Å². The van der Waals surface area contributed by atoms with E-state index >= 15 is 0 Å². The van der Waals surface area contributed by atoms with Crippen molar-refractivity contribution in [2.75, 3.05) is 4.90 Å². The number of hydrogen-bond acceptors (Lipinski definition) is 6. The first kappa shape index (κ1) is 20.1. The number of nitro groups is 1. The first-order valence-corrected chi connectivity index (χ1v) is 10.3. The fraction of sp³-hybridized carbons (Fsp3) is 0.0909. The van der Waals surface area contributed by atoms with Gasteiger partial charge in [-0.25, -0.2) is 0 Å². The van der Waals surface area contributed by atoms with E-state index < -0.39 is 4.92 Å². The lowest BCUT2D eigenvalue weighted by atomic mass is 10.1. The van der Waals surface area contributed by atoms with Gasteiger partial charge in [-0.1, -0.05) is 48.2 Å². The molecule has 0 spiro atoms. The third-order valence-electron chi connectivity index (χ3n) is 4.67. The molecule has 2 aromatic carbocycles. The molecule has 0 aliphatic carbocycles. The van der Waals surface area contributed by atoms with Gasteiger partial charge >= 0.3 is 0 Å². The van der Waals surface area contributed by atoms with Crippen LogP contribution in [0.1, 0.15) is 16.9 Å². The van der Waals surface area contributed by atoms with Crippen LogP contribution in [0, 0.1) is 24.0 Å². The smallest absolute Gasteiger partial charge is 0.280 e. The normalized spacial score (nSPS) is 15.3. The molecule has 0 bridgehead atoms. The number of benzene rings is 2. The van der Waals surface area contributed by atoms with Crippen LogP contribution in [0.4, 0.5) is 11.4 Å². The lowest BCUT2D eigenvalue weighted by Crippen LogP contribution is -2.28. The van der Waals surface area contributed by atoms with Crippen molar-refractivity contribution in [3.8, 4) is 11.3 Å². The quantitative estimate of drug-likeness (QED) is 0.220. The van der Waals surface area contributed by atoms with Crippen LogP contribution in [0.15, 0.2) is 63.9 Å². The van der Waals surface area contributed by atoms with Crippen molar-refractivity contribution in [2.45, 2.75) is 13.8 Å². The van der Waals surface area contributed by atoms with E-state index in [1.807, 2.05) is 32.0 Å². The molecular weight excluding hydrogens is 420 g/mol. The Bertz CT molecular complexity index is 1230. The van der Waals surface area contributed by atoms with Crippen molar-refractivity contribution in [1.29, 1.82) is 0 Å². The number of carbonyl (C=O) groups excluding carboxylic acids is 1. The number of hydrogen-bond donors (Lipinski definition) is 0. The van der Waals surface area contributed by atoms with E-state index in [9.17, 15) is 14.9 Å². The van der Waals surface area contributed by atoms with Crippen molar-refractivity contribution in [3.63, 3.8) is 0 Å². The van der Waals surface area contributed by atoms with Crippen LogP contribution in [0.5, 0.6) is 0 Å². The molecule has 0 N–H and O–H groups in total. The maximum atomic E-state index is 13.0. The Balaban J connectivity index is 1.66. The van der Waals surface area contributed by atoms with Gasteiger partial charge in [0.05, 0.1) is 21.1 Å². The van der Waals surface area contributed by atoms with Gasteiger partial charge < -0.3 is 4.42 Å². The van der Waals surface area contributed by atoms with Gasteiger partial charge in [-0.2, -0.15) is 0 Å². The second-order valence-corrected chi connectivity index (χ2v) is 8.46. The van der Waals surface area contributed by atoms with E-state index in [2.05, 4.69) is 0 Å². The maximum absolute atomic E-state index is 13.0. The van der Waals surface area contributed by atoms with Gasteiger partial charge in [0.25, 0.3) is 11.6 Å². The molecule has 0 unspecified atom stereocenters. The Morgan fingerprint density at radius 3 is 2.67 bits per heavy atom. The van der Waals surface area contributed by atoms with Crippen molar-refractivity contribution in [3.05, 3.63) is 86.5 Å². The highest BCUT2D eigenvalue weighted by molar-refractivity contribution is 8.27. The van der Waals surface area contributed by atoms with E-state index in [4.69, 9.17) is 16.6 Å². The zero-order valence-electron chi connectivity index (χ0n) is 16.1. The van der Waals surface area contributed by atoms with Gasteiger partial charge in [-0.15, -0.1) is 0 Å². The number of carbonyl (C=O) groups is 1. The maximum Gasteiger partial charge on any atom is 0.280 e. The summed E-state index contributed by atoms with van der Waals surface area (Å²) in [6.07, 6.45) is 1.61. The molecule has 4 rings (SSSR count). The van der Waals surface area contributed by atoms with Crippen molar-refractivity contribution in [2.24, 2.45) is 0 Å². The average molecular weight is 437 g/mol. The summed E-state index contributed by atoms with van der Waals surface area (Å²) >= 11 is 6.64. The number of aryl methyl sites for hydroxylation is 2. The third kappa shape index (κ3) is 3.67. The summed E-state index contributed by atoms with van der Waals surface area (Å²) in [7, 11) is 0. The number of anilines is 1. The molecule has 6 nitrogen and oxygen atoms in total. The number of nitro benzene ring substituents is 1. The minimum absolute atomic E-state index is 0.0420. The standard InChI is InChI=1S/C22H16N2O4S2/c1-13-7-8-14(2)18(11-13)23-21(25)20(30-22(23)29)12-15-9-10-19(28-15)16-5-3-4-6-17(16)24(26)27/h3-12H,1-2H3/b20-12+. The summed E-state index contributed by atoms with van der Waals surface area (Å²) in [4.78, 5) is 25.8. The molecule has 0 radical (unpaired) electrons. The van der Waals surface area contributed by atoms with Gasteiger partial charge in [0.1, 0.15) is 11.5 Å². The molecule has 1 fully saturated rings. The van der Waals surface area contributed by atoms with Crippen molar-refractivity contribution < 1.29 is 14.1 Å². The Morgan fingerprint density at radius 1 is 1.13 bits per heavy atom. The van der Waals surface area contributed by atoms with Crippen molar-refractivity contribution in [1.82, 2.24) is 0 Å². The Labute approximate surface area is 182 Å². The molecule has 1 aliphatic heterocycles. The molecule has 2 heterocycles. The molecule has 30 heavy (non-hydrogen) atoms. The summed E-state index contributed by atoms with van der Waals surface area (Å²) in [5.41, 5.74) is 3.09. The van der Waals surface area contributed by atoms with Gasteiger partial charge in [-0.05, 0) is 49.2 Å². The fourth-order valence-electron chi connectivity index (χ4n) is 3.18. The highest BCUT2D eigenvalue weighted by atomic mass is 32.2. The van der Waals surface area contributed by atoms with Crippen LogP contribution < -0.4 is 4.90 Å². The number of thiocarbonyl (C=S) groups is 1. The number of nitrogens with zero attached hydrogens (tertiary/aromatic N) is 2. The van der Waals surface area contributed by atoms with Crippen LogP contribution in [-0.2, 0) is 4.79 Å². The molecule has 0 atom stereocenters. The molecular formula is C22H16N2O4S2. The van der Waals surface area contributed by atoms with Crippen LogP contribution in [0.2, 0.25) is 0 Å². The molecule has 1 amide bonds. The van der Waals surface area contributed by atoms with Gasteiger partial charge in [0.2, 0.25) is 0 Å². The molecule has 1 aromatic heterocycles. The molecule has 1 aliphatic rings.